The SMILES string of the molecule is O=C(O)[C@H](NCCC1CCCCC1)c1ccccc1. The summed E-state index contributed by atoms with van der Waals surface area (Å²) in [6.45, 7) is 0.788. The molecule has 1 aromatic carbocycles. The number of hydrogen-bond acceptors (Lipinski definition) is 2. The third-order valence-electron chi connectivity index (χ3n) is 4.01. The molecule has 1 aliphatic rings. The van der Waals surface area contributed by atoms with E-state index < -0.39 is 12.0 Å². The van der Waals surface area contributed by atoms with E-state index in [1.165, 1.54) is 32.1 Å². The minimum absolute atomic E-state index is 0.579. The topological polar surface area (TPSA) is 49.3 Å². The van der Waals surface area contributed by atoms with E-state index in [1.807, 2.05) is 30.3 Å². The molecule has 2 rings (SSSR count). The maximum absolute atomic E-state index is 11.3. The fourth-order valence-electron chi connectivity index (χ4n) is 2.90. The summed E-state index contributed by atoms with van der Waals surface area (Å²) in [4.78, 5) is 11.3. The number of carbonyl (C=O) groups is 1. The van der Waals surface area contributed by atoms with Crippen molar-refractivity contribution in [2.75, 3.05) is 6.54 Å². The molecule has 104 valence electrons. The lowest BCUT2D eigenvalue weighted by Crippen LogP contribution is -2.30. The Balaban J connectivity index is 1.82. The number of benzene rings is 1. The van der Waals surface area contributed by atoms with Crippen LogP contribution in [0.4, 0.5) is 0 Å². The zero-order chi connectivity index (χ0) is 13.5. The number of carboxylic acid groups (broad SMARTS) is 1. The van der Waals surface area contributed by atoms with Crippen molar-refractivity contribution in [2.24, 2.45) is 5.92 Å². The lowest BCUT2D eigenvalue weighted by Gasteiger charge is -2.22. The number of hydrogen-bond donors (Lipinski definition) is 2. The molecule has 0 heterocycles. The molecule has 0 aliphatic heterocycles. The molecule has 2 N–H and O–H groups in total. The van der Waals surface area contributed by atoms with Crippen LogP contribution in [0.15, 0.2) is 30.3 Å². The molecule has 1 atom stereocenters. The van der Waals surface area contributed by atoms with Gasteiger partial charge in [0.05, 0.1) is 0 Å². The van der Waals surface area contributed by atoms with Crippen molar-refractivity contribution < 1.29 is 9.90 Å². The van der Waals surface area contributed by atoms with Gasteiger partial charge in [0.1, 0.15) is 6.04 Å². The van der Waals surface area contributed by atoms with E-state index >= 15 is 0 Å². The Bertz CT molecular complexity index is 385. The van der Waals surface area contributed by atoms with Crippen molar-refractivity contribution in [3.05, 3.63) is 35.9 Å². The molecule has 3 nitrogen and oxygen atoms in total. The molecule has 3 heteroatoms. The van der Waals surface area contributed by atoms with Crippen LogP contribution in [0.25, 0.3) is 0 Å². The van der Waals surface area contributed by atoms with Crippen LogP contribution in [0, 0.1) is 5.92 Å². The van der Waals surface area contributed by atoms with Crippen LogP contribution in [0.1, 0.15) is 50.1 Å². The van der Waals surface area contributed by atoms with Gasteiger partial charge >= 0.3 is 5.97 Å². The highest BCUT2D eigenvalue weighted by Crippen LogP contribution is 2.26. The second-order valence-electron chi connectivity index (χ2n) is 5.43. The van der Waals surface area contributed by atoms with Crippen molar-refractivity contribution in [2.45, 2.75) is 44.6 Å². The van der Waals surface area contributed by atoms with Gasteiger partial charge in [0.15, 0.2) is 0 Å². The quantitative estimate of drug-likeness (QED) is 0.825. The smallest absolute Gasteiger partial charge is 0.325 e. The molecule has 0 bridgehead atoms. The molecule has 1 saturated carbocycles. The molecule has 0 saturated heterocycles. The van der Waals surface area contributed by atoms with E-state index in [9.17, 15) is 9.90 Å². The molecule has 0 spiro atoms. The van der Waals surface area contributed by atoms with Crippen LogP contribution in [0.2, 0.25) is 0 Å². The molecule has 1 aliphatic carbocycles. The second-order valence-corrected chi connectivity index (χ2v) is 5.43. The molecule has 0 radical (unpaired) electrons. The summed E-state index contributed by atoms with van der Waals surface area (Å²) in [6.07, 6.45) is 7.76. The van der Waals surface area contributed by atoms with Crippen molar-refractivity contribution in [1.29, 1.82) is 0 Å². The summed E-state index contributed by atoms with van der Waals surface area (Å²) < 4.78 is 0. The van der Waals surface area contributed by atoms with Crippen LogP contribution in [0.3, 0.4) is 0 Å². The standard InChI is InChI=1S/C16H23NO2/c18-16(19)15(14-9-5-2-6-10-14)17-12-11-13-7-3-1-4-8-13/h2,5-6,9-10,13,15,17H,1,3-4,7-8,11-12H2,(H,18,19)/t15-/m1/s1. The van der Waals surface area contributed by atoms with Gasteiger partial charge in [-0.05, 0) is 24.4 Å². The minimum atomic E-state index is -0.796. The number of nitrogens with one attached hydrogen (secondary N) is 1. The zero-order valence-electron chi connectivity index (χ0n) is 11.3. The van der Waals surface area contributed by atoms with E-state index in [1.54, 1.807) is 0 Å². The van der Waals surface area contributed by atoms with Crippen LogP contribution in [-0.4, -0.2) is 17.6 Å². The van der Waals surface area contributed by atoms with Gasteiger partial charge in [0.2, 0.25) is 0 Å². The predicted octanol–water partition coefficient (Wildman–Crippen LogP) is 3.37. The molecule has 0 aromatic heterocycles. The first-order valence-electron chi connectivity index (χ1n) is 7.28. The molecule has 19 heavy (non-hydrogen) atoms. The maximum atomic E-state index is 11.3. The monoisotopic (exact) mass is 261 g/mol. The molecule has 0 amide bonds. The summed E-state index contributed by atoms with van der Waals surface area (Å²) in [5.74, 6) is -0.0127. The van der Waals surface area contributed by atoms with Crippen LogP contribution in [-0.2, 0) is 4.79 Å². The second kappa shape index (κ2) is 7.29. The van der Waals surface area contributed by atoms with Gasteiger partial charge in [-0.1, -0.05) is 62.4 Å². The first-order chi connectivity index (χ1) is 9.27. The number of rotatable bonds is 6. The van der Waals surface area contributed by atoms with Gasteiger partial charge < -0.3 is 10.4 Å². The average Bonchev–Trinajstić information content (AvgIpc) is 2.45. The summed E-state index contributed by atoms with van der Waals surface area (Å²) in [7, 11) is 0. The Labute approximate surface area is 115 Å². The highest BCUT2D eigenvalue weighted by atomic mass is 16.4. The Morgan fingerprint density at radius 2 is 1.89 bits per heavy atom. The summed E-state index contributed by atoms with van der Waals surface area (Å²) in [5, 5.41) is 12.5. The Hall–Kier alpha value is -1.35. The Morgan fingerprint density at radius 3 is 2.53 bits per heavy atom. The fraction of sp³-hybridized carbons (Fsp3) is 0.562. The predicted molar refractivity (Wildman–Crippen MR) is 76.0 cm³/mol. The summed E-state index contributed by atoms with van der Waals surface area (Å²) >= 11 is 0. The number of aliphatic carboxylic acids is 1. The molecular formula is C16H23NO2. The van der Waals surface area contributed by atoms with Crippen LogP contribution >= 0.6 is 0 Å². The van der Waals surface area contributed by atoms with Gasteiger partial charge in [-0.25, -0.2) is 0 Å². The zero-order valence-corrected chi connectivity index (χ0v) is 11.3. The third-order valence-corrected chi connectivity index (χ3v) is 4.01. The highest BCUT2D eigenvalue weighted by molar-refractivity contribution is 5.75. The average molecular weight is 261 g/mol. The minimum Gasteiger partial charge on any atom is -0.480 e. The molecule has 1 fully saturated rings. The fourth-order valence-corrected chi connectivity index (χ4v) is 2.90. The first kappa shape index (κ1) is 14.1. The largest absolute Gasteiger partial charge is 0.480 e. The van der Waals surface area contributed by atoms with Gasteiger partial charge in [-0.2, -0.15) is 0 Å². The number of carboxylic acids is 1. The van der Waals surface area contributed by atoms with Crippen LogP contribution < -0.4 is 5.32 Å². The van der Waals surface area contributed by atoms with Crippen molar-refractivity contribution >= 4 is 5.97 Å². The van der Waals surface area contributed by atoms with E-state index in [2.05, 4.69) is 5.32 Å². The van der Waals surface area contributed by atoms with E-state index in [-0.39, 0.29) is 0 Å². The molecule has 1 aromatic rings. The lowest BCUT2D eigenvalue weighted by atomic mass is 9.87. The highest BCUT2D eigenvalue weighted by Gasteiger charge is 2.19. The summed E-state index contributed by atoms with van der Waals surface area (Å²) in [5.41, 5.74) is 0.832. The molecular weight excluding hydrogens is 238 g/mol. The van der Waals surface area contributed by atoms with Gasteiger partial charge in [-0.3, -0.25) is 4.79 Å². The van der Waals surface area contributed by atoms with E-state index in [4.69, 9.17) is 0 Å². The van der Waals surface area contributed by atoms with Gasteiger partial charge in [0, 0.05) is 0 Å². The molecule has 0 unspecified atom stereocenters. The van der Waals surface area contributed by atoms with E-state index in [0.29, 0.717) is 0 Å². The summed E-state index contributed by atoms with van der Waals surface area (Å²) in [6, 6.07) is 8.83. The van der Waals surface area contributed by atoms with Crippen LogP contribution in [0.5, 0.6) is 0 Å². The Kier molecular flexibility index (Phi) is 5.40. The van der Waals surface area contributed by atoms with Crippen molar-refractivity contribution in [1.82, 2.24) is 5.32 Å². The van der Waals surface area contributed by atoms with Crippen molar-refractivity contribution in [3.63, 3.8) is 0 Å². The van der Waals surface area contributed by atoms with Gasteiger partial charge in [0.25, 0.3) is 0 Å². The van der Waals surface area contributed by atoms with E-state index in [0.717, 1.165) is 24.4 Å². The first-order valence-corrected chi connectivity index (χ1v) is 7.28. The maximum Gasteiger partial charge on any atom is 0.325 e. The van der Waals surface area contributed by atoms with Crippen molar-refractivity contribution in [3.8, 4) is 0 Å². The lowest BCUT2D eigenvalue weighted by molar-refractivity contribution is -0.139. The Morgan fingerprint density at radius 1 is 1.21 bits per heavy atom. The third kappa shape index (κ3) is 4.35. The normalized spacial score (nSPS) is 18.1. The van der Waals surface area contributed by atoms with Gasteiger partial charge in [-0.15, -0.1) is 0 Å².